The van der Waals surface area contributed by atoms with Crippen molar-refractivity contribution < 1.29 is 134 Å². The highest BCUT2D eigenvalue weighted by Crippen LogP contribution is 2.76. The number of hydrogen-bond donors (Lipinski definition) is 16. The first-order chi connectivity index (χ1) is 39.7. The Labute approximate surface area is 493 Å². The highest BCUT2D eigenvalue weighted by atomic mass is 16.8. The molecule has 0 radical (unpaired) electrons. The van der Waals surface area contributed by atoms with Crippen LogP contribution in [0.2, 0.25) is 0 Å². The Morgan fingerprint density at radius 3 is 1.78 bits per heavy atom. The summed E-state index contributed by atoms with van der Waals surface area (Å²) in [7, 11) is 0. The number of aliphatic hydroxyl groups excluding tert-OH is 16. The van der Waals surface area contributed by atoms with Crippen molar-refractivity contribution in [2.75, 3.05) is 26.4 Å². The number of carbonyl (C=O) groups is 1. The van der Waals surface area contributed by atoms with Crippen LogP contribution in [0.3, 0.4) is 0 Å². The molecule has 4 saturated carbocycles. The van der Waals surface area contributed by atoms with Gasteiger partial charge in [-0.05, 0) is 98.7 Å². The van der Waals surface area contributed by atoms with Gasteiger partial charge in [0.1, 0.15) is 91.6 Å². The van der Waals surface area contributed by atoms with Gasteiger partial charge in [-0.3, -0.25) is 4.79 Å². The Morgan fingerprint density at radius 2 is 1.12 bits per heavy atom. The quantitative estimate of drug-likeness (QED) is 0.0504. The van der Waals surface area contributed by atoms with Gasteiger partial charge in [-0.1, -0.05) is 53.2 Å². The summed E-state index contributed by atoms with van der Waals surface area (Å²) in [5, 5.41) is 177. The van der Waals surface area contributed by atoms with E-state index < -0.39 is 231 Å². The lowest BCUT2D eigenvalue weighted by molar-refractivity contribution is -0.377. The SMILES string of the molecule is CC1OC(OC2C(O)COC(O[C@@H]3[C@@H](O)[C@@H](O)[C@H](OC4C(OC(=O)[C@]56CCC(C)(C)CC5C5=CCC7[C@@]8(C)C[C@H](O)[C@H](OC9OC(CO)C(O)C(O)C9O)[C@@](C)(CO)C8C(O)C[C@@]7(C)[C@]5(C)CC6)OCC(O)C4O)O[C@H]3C)C2O)C(O)C(O)C1O. The lowest BCUT2D eigenvalue weighted by atomic mass is 9.33. The number of rotatable bonds is 12. The third-order valence-corrected chi connectivity index (χ3v) is 22.7. The largest absolute Gasteiger partial charge is 0.432 e. The highest BCUT2D eigenvalue weighted by Gasteiger charge is 2.73. The highest BCUT2D eigenvalue weighted by molar-refractivity contribution is 5.79. The molecule has 10 rings (SSSR count). The summed E-state index contributed by atoms with van der Waals surface area (Å²) >= 11 is 0. The zero-order valence-electron chi connectivity index (χ0n) is 49.5. The van der Waals surface area contributed by atoms with E-state index in [1.165, 1.54) is 13.8 Å². The Kier molecular flexibility index (Phi) is 18.7. The van der Waals surface area contributed by atoms with E-state index in [9.17, 15) is 81.7 Å². The maximum atomic E-state index is 15.4. The van der Waals surface area contributed by atoms with Gasteiger partial charge in [0, 0.05) is 11.3 Å². The van der Waals surface area contributed by atoms with Crippen LogP contribution in [-0.4, -0.2) is 274 Å². The van der Waals surface area contributed by atoms with E-state index in [2.05, 4.69) is 33.8 Å². The van der Waals surface area contributed by atoms with Crippen molar-refractivity contribution in [3.63, 3.8) is 0 Å². The number of hydrogen-bond acceptors (Lipinski definition) is 27. The summed E-state index contributed by atoms with van der Waals surface area (Å²) in [5.41, 5.74) is -3.85. The average molecular weight is 1220 g/mol. The van der Waals surface area contributed by atoms with Crippen LogP contribution >= 0.6 is 0 Å². The van der Waals surface area contributed by atoms with E-state index in [4.69, 9.17) is 47.4 Å². The molecule has 85 heavy (non-hydrogen) atoms. The molecule has 10 aliphatic rings. The van der Waals surface area contributed by atoms with E-state index in [1.807, 2.05) is 6.92 Å². The Bertz CT molecular complexity index is 2390. The molecule has 27 heteroatoms. The van der Waals surface area contributed by atoms with E-state index in [1.54, 1.807) is 6.92 Å². The van der Waals surface area contributed by atoms with Crippen molar-refractivity contribution in [2.45, 2.75) is 266 Å². The number of esters is 1. The first-order valence-electron chi connectivity index (χ1n) is 30.2. The van der Waals surface area contributed by atoms with Gasteiger partial charge in [-0.25, -0.2) is 0 Å². The molecule has 0 spiro atoms. The second kappa shape index (κ2) is 24.0. The first-order valence-corrected chi connectivity index (χ1v) is 30.2. The summed E-state index contributed by atoms with van der Waals surface area (Å²) in [6.45, 7) is 13.0. The van der Waals surface area contributed by atoms with Crippen molar-refractivity contribution in [2.24, 2.45) is 50.2 Å². The summed E-state index contributed by atoms with van der Waals surface area (Å²) < 4.78 is 59.1. The van der Waals surface area contributed by atoms with Gasteiger partial charge in [-0.15, -0.1) is 0 Å². The van der Waals surface area contributed by atoms with Crippen LogP contribution in [0.15, 0.2) is 11.6 Å². The molecule has 0 amide bonds. The topological polar surface area (TPSA) is 433 Å². The monoisotopic (exact) mass is 1220 g/mol. The van der Waals surface area contributed by atoms with Crippen molar-refractivity contribution in [3.8, 4) is 0 Å². The van der Waals surface area contributed by atoms with Gasteiger partial charge in [0.25, 0.3) is 0 Å². The van der Waals surface area contributed by atoms with Gasteiger partial charge >= 0.3 is 5.97 Å². The molecule has 5 aliphatic carbocycles. The summed E-state index contributed by atoms with van der Waals surface area (Å²) in [6.07, 6.45) is -35.1. The van der Waals surface area contributed by atoms with Crippen LogP contribution in [0.5, 0.6) is 0 Å². The minimum atomic E-state index is -1.96. The van der Waals surface area contributed by atoms with Gasteiger partial charge in [0.2, 0.25) is 6.29 Å². The summed E-state index contributed by atoms with van der Waals surface area (Å²) in [6, 6.07) is 0. The second-order valence-electron chi connectivity index (χ2n) is 28.3. The molecule has 0 aromatic heterocycles. The minimum Gasteiger partial charge on any atom is -0.432 e. The Hall–Kier alpha value is -1.79. The second-order valence-corrected chi connectivity index (χ2v) is 28.3. The molecule has 5 heterocycles. The molecule has 0 bridgehead atoms. The smallest absolute Gasteiger partial charge is 0.315 e. The standard InChI is InChI=1S/C58H94O27/c1-22-32(65)35(68)38(71)48(78-22)82-43-29(64)20-76-47(41(43)74)81-42-23(2)79-49(40(73)37(42)70)83-44-33(66)28(63)19-77-51(44)85-52(75)58-13-11-53(3,4)15-25(58)24-9-10-31-54(5)16-27(62)46(84-50-39(72)36(69)34(67)30(18-59)80-50)55(6,21-60)45(54)26(61)17-57(31,8)56(24,7)12-14-58/h9,22-23,25-51,59-74H,10-21H2,1-8H3/t22?,23-,25?,26?,27-,28?,29?,30?,31?,32?,33?,34?,35?,36?,37-,38?,39?,40+,41?,42-,43?,44?,45?,46-,47?,48?,49-,50?,51?,54+,55-,56+,57+,58-/m0/s1. The fourth-order valence-corrected chi connectivity index (χ4v) is 17.7. The molecule has 16 N–H and O–H groups in total. The van der Waals surface area contributed by atoms with Gasteiger partial charge in [0.15, 0.2) is 31.3 Å². The van der Waals surface area contributed by atoms with Crippen LogP contribution < -0.4 is 0 Å². The van der Waals surface area contributed by atoms with Gasteiger partial charge in [0.05, 0.1) is 62.4 Å². The van der Waals surface area contributed by atoms with Crippen LogP contribution in [0.25, 0.3) is 0 Å². The summed E-state index contributed by atoms with van der Waals surface area (Å²) in [5.74, 6) is -1.92. The van der Waals surface area contributed by atoms with Crippen molar-refractivity contribution in [3.05, 3.63) is 11.6 Å². The lowest BCUT2D eigenvalue weighted by Crippen LogP contribution is -2.72. The van der Waals surface area contributed by atoms with Crippen molar-refractivity contribution in [1.29, 1.82) is 0 Å². The molecule has 488 valence electrons. The maximum absolute atomic E-state index is 15.4. The fourth-order valence-electron chi connectivity index (χ4n) is 17.7. The van der Waals surface area contributed by atoms with E-state index in [0.29, 0.717) is 38.5 Å². The molecule has 9 fully saturated rings. The van der Waals surface area contributed by atoms with Crippen LogP contribution in [0, 0.1) is 50.2 Å². The van der Waals surface area contributed by atoms with E-state index >= 15 is 4.79 Å². The fraction of sp³-hybridized carbons (Fsp3) is 0.948. The molecule has 5 saturated heterocycles. The average Bonchev–Trinajstić information content (AvgIpc) is 0.836. The third-order valence-electron chi connectivity index (χ3n) is 22.7. The lowest BCUT2D eigenvalue weighted by Gasteiger charge is -2.72. The third kappa shape index (κ3) is 10.9. The summed E-state index contributed by atoms with van der Waals surface area (Å²) in [4.78, 5) is 15.4. The molecule has 34 atom stereocenters. The molecule has 0 aromatic rings. The zero-order chi connectivity index (χ0) is 62.2. The number of fused-ring (bicyclic) bond motifs is 7. The Balaban J connectivity index is 0.852. The normalized spacial score (nSPS) is 56.1. The van der Waals surface area contributed by atoms with Crippen LogP contribution in [0.4, 0.5) is 0 Å². The molecular formula is C58H94O27. The number of ether oxygens (including phenoxy) is 10. The zero-order valence-corrected chi connectivity index (χ0v) is 49.5. The number of carbonyl (C=O) groups excluding carboxylic acids is 1. The van der Waals surface area contributed by atoms with Gasteiger partial charge < -0.3 is 129 Å². The maximum Gasteiger partial charge on any atom is 0.315 e. The number of allylic oxidation sites excluding steroid dienone is 2. The molecular weight excluding hydrogens is 1130 g/mol. The van der Waals surface area contributed by atoms with Crippen molar-refractivity contribution in [1.82, 2.24) is 0 Å². The van der Waals surface area contributed by atoms with Crippen LogP contribution in [-0.2, 0) is 52.2 Å². The van der Waals surface area contributed by atoms with E-state index in [0.717, 1.165) is 5.57 Å². The molecule has 27 nitrogen and oxygen atoms in total. The predicted molar refractivity (Wildman–Crippen MR) is 285 cm³/mol. The van der Waals surface area contributed by atoms with Crippen LogP contribution in [0.1, 0.15) is 107 Å². The first kappa shape index (κ1) is 66.1. The number of aliphatic hydroxyl groups is 16. The van der Waals surface area contributed by atoms with Gasteiger partial charge in [-0.2, -0.15) is 0 Å². The van der Waals surface area contributed by atoms with Crippen molar-refractivity contribution >= 4 is 5.97 Å². The molecule has 22 unspecified atom stereocenters. The minimum absolute atomic E-state index is 0.103. The molecule has 5 aliphatic heterocycles. The van der Waals surface area contributed by atoms with E-state index in [-0.39, 0.29) is 24.2 Å². The molecule has 0 aromatic carbocycles. The Morgan fingerprint density at radius 1 is 0.541 bits per heavy atom. The predicted octanol–water partition coefficient (Wildman–Crippen LogP) is -3.96.